The minimum Gasteiger partial charge on any atom is -0.325 e. The van der Waals surface area contributed by atoms with E-state index in [0.717, 1.165) is 5.69 Å². The number of nitrogens with one attached hydrogen (secondary N) is 1. The summed E-state index contributed by atoms with van der Waals surface area (Å²) in [7, 11) is 0. The highest BCUT2D eigenvalue weighted by Gasteiger charge is 2.22. The second-order valence-electron chi connectivity index (χ2n) is 4.63. The molecule has 21 heavy (non-hydrogen) atoms. The Balaban J connectivity index is 1.60. The predicted octanol–water partition coefficient (Wildman–Crippen LogP) is 1.34. The summed E-state index contributed by atoms with van der Waals surface area (Å²) in [4.78, 5) is 28.9. The number of carbonyl (C=O) groups excluding carboxylic acids is 2. The fourth-order valence-electron chi connectivity index (χ4n) is 2.04. The number of aromatic nitrogens is 2. The summed E-state index contributed by atoms with van der Waals surface area (Å²) >= 11 is 1.53. The summed E-state index contributed by atoms with van der Waals surface area (Å²) in [6, 6.07) is 7.45. The van der Waals surface area contributed by atoms with Gasteiger partial charge in [-0.3, -0.25) is 9.59 Å². The molecule has 1 aromatic carbocycles. The summed E-state index contributed by atoms with van der Waals surface area (Å²) in [6.45, 7) is 0.106. The van der Waals surface area contributed by atoms with E-state index in [4.69, 9.17) is 0 Å². The molecule has 0 spiro atoms. The van der Waals surface area contributed by atoms with Crippen LogP contribution in [-0.4, -0.2) is 44.4 Å². The number of thioether (sulfide) groups is 1. The van der Waals surface area contributed by atoms with Crippen LogP contribution in [0.15, 0.2) is 43.0 Å². The average Bonchev–Trinajstić information content (AvgIpc) is 3.12. The number of nitrogens with zero attached hydrogens (tertiary/aromatic N) is 3. The zero-order valence-electron chi connectivity index (χ0n) is 11.2. The molecule has 0 unspecified atom stereocenters. The van der Waals surface area contributed by atoms with Crippen LogP contribution in [-0.2, 0) is 9.59 Å². The van der Waals surface area contributed by atoms with Crippen molar-refractivity contribution in [2.24, 2.45) is 0 Å². The van der Waals surface area contributed by atoms with Crippen LogP contribution in [0.3, 0.4) is 0 Å². The molecule has 2 amide bonds. The van der Waals surface area contributed by atoms with E-state index in [1.165, 1.54) is 11.8 Å². The lowest BCUT2D eigenvalue weighted by Crippen LogP contribution is -2.34. The first-order chi connectivity index (χ1) is 10.2. The zero-order chi connectivity index (χ0) is 14.7. The first kappa shape index (κ1) is 13.7. The topological polar surface area (TPSA) is 67.2 Å². The van der Waals surface area contributed by atoms with Gasteiger partial charge in [-0.05, 0) is 24.3 Å². The molecule has 0 aliphatic carbocycles. The van der Waals surface area contributed by atoms with Crippen molar-refractivity contribution >= 4 is 29.3 Å². The van der Waals surface area contributed by atoms with E-state index in [1.54, 1.807) is 17.4 Å². The minimum absolute atomic E-state index is 0.0191. The van der Waals surface area contributed by atoms with Gasteiger partial charge in [0.1, 0.15) is 6.54 Å². The standard InChI is InChI=1S/C14H14N4O2S/c19-13(7-18-10-21-8-14(18)20)16-11-1-3-12(4-2-11)17-6-5-15-9-17/h1-6,9H,7-8,10H2,(H,16,19). The molecule has 2 heterocycles. The second-order valence-corrected chi connectivity index (χ2v) is 5.59. The molecule has 0 saturated carbocycles. The summed E-state index contributed by atoms with van der Waals surface area (Å²) in [5, 5.41) is 2.79. The van der Waals surface area contributed by atoms with Gasteiger partial charge in [-0.1, -0.05) is 0 Å². The fourth-order valence-corrected chi connectivity index (χ4v) is 2.95. The molecule has 7 heteroatoms. The van der Waals surface area contributed by atoms with Crippen LogP contribution in [0.2, 0.25) is 0 Å². The van der Waals surface area contributed by atoms with E-state index in [9.17, 15) is 9.59 Å². The number of anilines is 1. The molecular formula is C14H14N4O2S. The summed E-state index contributed by atoms with van der Waals surface area (Å²) in [6.07, 6.45) is 5.27. The average molecular weight is 302 g/mol. The molecule has 1 aliphatic heterocycles. The molecule has 0 radical (unpaired) electrons. The quantitative estimate of drug-likeness (QED) is 0.925. The van der Waals surface area contributed by atoms with Gasteiger partial charge in [0.25, 0.3) is 0 Å². The number of imidazole rings is 1. The van der Waals surface area contributed by atoms with Crippen LogP contribution in [0, 0.1) is 0 Å². The highest BCUT2D eigenvalue weighted by Crippen LogP contribution is 2.16. The van der Waals surface area contributed by atoms with Gasteiger partial charge >= 0.3 is 0 Å². The molecule has 1 aromatic heterocycles. The van der Waals surface area contributed by atoms with Crippen molar-refractivity contribution in [2.75, 3.05) is 23.5 Å². The van der Waals surface area contributed by atoms with Crippen molar-refractivity contribution in [1.82, 2.24) is 14.5 Å². The molecule has 6 nitrogen and oxygen atoms in total. The van der Waals surface area contributed by atoms with E-state index < -0.39 is 0 Å². The number of hydrogen-bond donors (Lipinski definition) is 1. The van der Waals surface area contributed by atoms with Gasteiger partial charge in [0.2, 0.25) is 11.8 Å². The Labute approximate surface area is 126 Å². The van der Waals surface area contributed by atoms with Crippen molar-refractivity contribution in [2.45, 2.75) is 0 Å². The van der Waals surface area contributed by atoms with Crippen molar-refractivity contribution in [1.29, 1.82) is 0 Å². The maximum absolute atomic E-state index is 11.9. The van der Waals surface area contributed by atoms with Crippen LogP contribution >= 0.6 is 11.8 Å². The highest BCUT2D eigenvalue weighted by molar-refractivity contribution is 8.00. The smallest absolute Gasteiger partial charge is 0.244 e. The summed E-state index contributed by atoms with van der Waals surface area (Å²) in [5.74, 6) is 0.894. The van der Waals surface area contributed by atoms with Gasteiger partial charge in [-0.2, -0.15) is 0 Å². The third-order valence-corrected chi connectivity index (χ3v) is 4.06. The third-order valence-electron chi connectivity index (χ3n) is 3.11. The molecule has 2 aromatic rings. The first-order valence-corrected chi connectivity index (χ1v) is 7.61. The Hall–Kier alpha value is -2.28. The normalized spacial score (nSPS) is 14.5. The van der Waals surface area contributed by atoms with Gasteiger partial charge in [0.05, 0.1) is 18.0 Å². The van der Waals surface area contributed by atoms with Crippen LogP contribution in [0.5, 0.6) is 0 Å². The SMILES string of the molecule is O=C(CN1CSCC1=O)Nc1ccc(-n2ccnc2)cc1. The molecule has 0 atom stereocenters. The lowest BCUT2D eigenvalue weighted by Gasteiger charge is -2.14. The number of carbonyl (C=O) groups is 2. The molecular weight excluding hydrogens is 288 g/mol. The van der Waals surface area contributed by atoms with Gasteiger partial charge in [-0.15, -0.1) is 11.8 Å². The number of hydrogen-bond acceptors (Lipinski definition) is 4. The molecule has 3 rings (SSSR count). The van der Waals surface area contributed by atoms with Crippen LogP contribution in [0.25, 0.3) is 5.69 Å². The van der Waals surface area contributed by atoms with Crippen LogP contribution in [0.1, 0.15) is 0 Å². The second kappa shape index (κ2) is 6.01. The first-order valence-electron chi connectivity index (χ1n) is 6.46. The predicted molar refractivity (Wildman–Crippen MR) is 81.2 cm³/mol. The minimum atomic E-state index is -0.179. The van der Waals surface area contributed by atoms with Gasteiger partial charge < -0.3 is 14.8 Å². The molecule has 1 fully saturated rings. The molecule has 0 bridgehead atoms. The largest absolute Gasteiger partial charge is 0.325 e. The third kappa shape index (κ3) is 3.25. The molecule has 1 N–H and O–H groups in total. The number of amides is 2. The summed E-state index contributed by atoms with van der Waals surface area (Å²) in [5.41, 5.74) is 1.68. The maximum atomic E-state index is 11.9. The van der Waals surface area contributed by atoms with E-state index in [2.05, 4.69) is 10.3 Å². The maximum Gasteiger partial charge on any atom is 0.244 e. The van der Waals surface area contributed by atoms with Crippen molar-refractivity contribution in [3.63, 3.8) is 0 Å². The molecule has 1 aliphatic rings. The Morgan fingerprint density at radius 3 is 2.76 bits per heavy atom. The van der Waals surface area contributed by atoms with Gasteiger partial charge in [0, 0.05) is 23.8 Å². The number of rotatable bonds is 4. The zero-order valence-corrected chi connectivity index (χ0v) is 12.0. The van der Waals surface area contributed by atoms with Crippen molar-refractivity contribution in [3.8, 4) is 5.69 Å². The lowest BCUT2D eigenvalue weighted by atomic mass is 10.2. The highest BCUT2D eigenvalue weighted by atomic mass is 32.2. The lowest BCUT2D eigenvalue weighted by molar-refractivity contribution is -0.130. The van der Waals surface area contributed by atoms with Crippen molar-refractivity contribution in [3.05, 3.63) is 43.0 Å². The Bertz CT molecular complexity index is 640. The van der Waals surface area contributed by atoms with E-state index >= 15 is 0 Å². The van der Waals surface area contributed by atoms with Gasteiger partial charge in [-0.25, -0.2) is 4.98 Å². The van der Waals surface area contributed by atoms with Crippen LogP contribution < -0.4 is 5.32 Å². The Morgan fingerprint density at radius 2 is 2.14 bits per heavy atom. The monoisotopic (exact) mass is 302 g/mol. The molecule has 108 valence electrons. The number of benzene rings is 1. The van der Waals surface area contributed by atoms with Crippen molar-refractivity contribution < 1.29 is 9.59 Å². The Kier molecular flexibility index (Phi) is 3.92. The van der Waals surface area contributed by atoms with E-state index in [1.807, 2.05) is 35.0 Å². The van der Waals surface area contributed by atoms with E-state index in [0.29, 0.717) is 17.3 Å². The fraction of sp³-hybridized carbons (Fsp3) is 0.214. The van der Waals surface area contributed by atoms with Gasteiger partial charge in [0.15, 0.2) is 0 Å². The van der Waals surface area contributed by atoms with E-state index in [-0.39, 0.29) is 18.4 Å². The molecule has 1 saturated heterocycles. The van der Waals surface area contributed by atoms with Crippen LogP contribution in [0.4, 0.5) is 5.69 Å². The summed E-state index contributed by atoms with van der Waals surface area (Å²) < 4.78 is 1.88. The Morgan fingerprint density at radius 1 is 1.33 bits per heavy atom.